The Morgan fingerprint density at radius 1 is 0.750 bits per heavy atom. The quantitative estimate of drug-likeness (QED) is 0.550. The van der Waals surface area contributed by atoms with E-state index < -0.39 is 0 Å². The summed E-state index contributed by atoms with van der Waals surface area (Å²) in [5.74, 6) is 5.05. The highest BCUT2D eigenvalue weighted by molar-refractivity contribution is 8.02. The molecule has 0 unspecified atom stereocenters. The molecule has 2 N–H and O–H groups in total. The Bertz CT molecular complexity index is 71.5. The molecule has 0 aromatic carbocycles. The molecular formula is C8H20N2S2. The molecule has 0 spiro atoms. The minimum atomic E-state index is 1.13. The molecule has 0 heterocycles. The minimum absolute atomic E-state index is 1.13. The van der Waals surface area contributed by atoms with E-state index in [1.54, 1.807) is 0 Å². The van der Waals surface area contributed by atoms with Gasteiger partial charge in [0.15, 0.2) is 0 Å². The van der Waals surface area contributed by atoms with Crippen LogP contribution in [0.15, 0.2) is 0 Å². The van der Waals surface area contributed by atoms with Gasteiger partial charge in [-0.05, 0) is 14.1 Å². The standard InChI is InChI=1S/C8H20N2S2/c1-9-3-5-11-7-8-12-6-4-10-2/h9-10H,3-8H2,1-2H3. The van der Waals surface area contributed by atoms with Gasteiger partial charge in [-0.25, -0.2) is 0 Å². The molecule has 0 radical (unpaired) electrons. The van der Waals surface area contributed by atoms with Crippen LogP contribution in [0, 0.1) is 0 Å². The molecule has 0 aromatic rings. The molecule has 4 heteroatoms. The largest absolute Gasteiger partial charge is 0.319 e. The average molecular weight is 208 g/mol. The Morgan fingerprint density at radius 2 is 1.17 bits per heavy atom. The third kappa shape index (κ3) is 10.6. The second-order valence-corrected chi connectivity index (χ2v) is 4.88. The van der Waals surface area contributed by atoms with Crippen LogP contribution < -0.4 is 10.6 Å². The zero-order chi connectivity index (χ0) is 9.07. The number of rotatable bonds is 9. The predicted octanol–water partition coefficient (Wildman–Crippen LogP) is 0.892. The van der Waals surface area contributed by atoms with E-state index in [4.69, 9.17) is 0 Å². The molecule has 0 aliphatic rings. The van der Waals surface area contributed by atoms with Crippen LogP contribution in [0.25, 0.3) is 0 Å². The number of nitrogens with one attached hydrogen (secondary N) is 2. The highest BCUT2D eigenvalue weighted by Crippen LogP contribution is 2.05. The first-order chi connectivity index (χ1) is 5.91. The van der Waals surface area contributed by atoms with Crippen LogP contribution in [-0.4, -0.2) is 50.2 Å². The Hall–Kier alpha value is 0.620. The van der Waals surface area contributed by atoms with Crippen LogP contribution in [-0.2, 0) is 0 Å². The molecule has 0 aliphatic carbocycles. The van der Waals surface area contributed by atoms with Gasteiger partial charge in [0, 0.05) is 36.1 Å². The van der Waals surface area contributed by atoms with E-state index in [1.807, 2.05) is 37.6 Å². The maximum absolute atomic E-state index is 3.14. The van der Waals surface area contributed by atoms with E-state index in [9.17, 15) is 0 Å². The van der Waals surface area contributed by atoms with Crippen LogP contribution >= 0.6 is 23.5 Å². The summed E-state index contributed by atoms with van der Waals surface area (Å²) in [6.07, 6.45) is 0. The van der Waals surface area contributed by atoms with Crippen LogP contribution in [0.4, 0.5) is 0 Å². The first-order valence-electron chi connectivity index (χ1n) is 4.36. The van der Waals surface area contributed by atoms with E-state index in [0.717, 1.165) is 13.1 Å². The van der Waals surface area contributed by atoms with Gasteiger partial charge in [0.1, 0.15) is 0 Å². The molecule has 0 bridgehead atoms. The Morgan fingerprint density at radius 3 is 1.50 bits per heavy atom. The Labute approximate surface area is 84.6 Å². The van der Waals surface area contributed by atoms with Crippen molar-refractivity contribution in [3.8, 4) is 0 Å². The minimum Gasteiger partial charge on any atom is -0.319 e. The fourth-order valence-electron chi connectivity index (χ4n) is 0.670. The van der Waals surface area contributed by atoms with Gasteiger partial charge in [0.05, 0.1) is 0 Å². The number of hydrogen-bond acceptors (Lipinski definition) is 4. The van der Waals surface area contributed by atoms with Gasteiger partial charge < -0.3 is 10.6 Å². The molecule has 2 nitrogen and oxygen atoms in total. The molecule has 74 valence electrons. The summed E-state index contributed by atoms with van der Waals surface area (Å²) in [4.78, 5) is 0. The molecule has 0 atom stereocenters. The van der Waals surface area contributed by atoms with Crippen molar-refractivity contribution in [3.05, 3.63) is 0 Å². The zero-order valence-corrected chi connectivity index (χ0v) is 9.69. The second kappa shape index (κ2) is 11.6. The lowest BCUT2D eigenvalue weighted by atomic mass is 10.8. The summed E-state index contributed by atoms with van der Waals surface area (Å²) >= 11 is 4.06. The summed E-state index contributed by atoms with van der Waals surface area (Å²) in [6, 6.07) is 0. The van der Waals surface area contributed by atoms with Crippen LogP contribution in [0.2, 0.25) is 0 Å². The molecule has 0 saturated carbocycles. The van der Waals surface area contributed by atoms with Gasteiger partial charge in [-0.3, -0.25) is 0 Å². The fraction of sp³-hybridized carbons (Fsp3) is 1.00. The first kappa shape index (κ1) is 12.6. The van der Waals surface area contributed by atoms with Crippen LogP contribution in [0.5, 0.6) is 0 Å². The summed E-state index contributed by atoms with van der Waals surface area (Å²) < 4.78 is 0. The SMILES string of the molecule is CNCCSCCSCCNC. The molecule has 0 fully saturated rings. The monoisotopic (exact) mass is 208 g/mol. The second-order valence-electron chi connectivity index (χ2n) is 2.43. The van der Waals surface area contributed by atoms with Gasteiger partial charge in [-0.15, -0.1) is 0 Å². The smallest absolute Gasteiger partial charge is 0.00582 e. The molecule has 0 aliphatic heterocycles. The van der Waals surface area contributed by atoms with Crippen molar-refractivity contribution in [2.24, 2.45) is 0 Å². The number of hydrogen-bond donors (Lipinski definition) is 2. The van der Waals surface area contributed by atoms with E-state index >= 15 is 0 Å². The lowest BCUT2D eigenvalue weighted by Gasteiger charge is -2.01. The van der Waals surface area contributed by atoms with Crippen molar-refractivity contribution >= 4 is 23.5 Å². The predicted molar refractivity (Wildman–Crippen MR) is 62.5 cm³/mol. The fourth-order valence-corrected chi connectivity index (χ4v) is 2.72. The van der Waals surface area contributed by atoms with Crippen molar-refractivity contribution < 1.29 is 0 Å². The average Bonchev–Trinajstić information content (AvgIpc) is 2.10. The molecule has 0 saturated heterocycles. The number of thioether (sulfide) groups is 2. The lowest BCUT2D eigenvalue weighted by Crippen LogP contribution is -2.11. The molecule has 0 rings (SSSR count). The van der Waals surface area contributed by atoms with Crippen molar-refractivity contribution in [3.63, 3.8) is 0 Å². The third-order valence-corrected chi connectivity index (χ3v) is 3.59. The van der Waals surface area contributed by atoms with Gasteiger partial charge in [-0.2, -0.15) is 23.5 Å². The van der Waals surface area contributed by atoms with E-state index in [-0.39, 0.29) is 0 Å². The van der Waals surface area contributed by atoms with Crippen molar-refractivity contribution in [1.29, 1.82) is 0 Å². The van der Waals surface area contributed by atoms with E-state index in [1.165, 1.54) is 23.0 Å². The Balaban J connectivity index is 2.73. The summed E-state index contributed by atoms with van der Waals surface area (Å²) in [5, 5.41) is 6.28. The van der Waals surface area contributed by atoms with Gasteiger partial charge in [0.2, 0.25) is 0 Å². The maximum Gasteiger partial charge on any atom is 0.00582 e. The zero-order valence-electron chi connectivity index (χ0n) is 8.06. The molecule has 0 amide bonds. The van der Waals surface area contributed by atoms with E-state index in [2.05, 4.69) is 10.6 Å². The third-order valence-electron chi connectivity index (χ3n) is 1.36. The van der Waals surface area contributed by atoms with Crippen molar-refractivity contribution in [2.75, 3.05) is 50.2 Å². The summed E-state index contributed by atoms with van der Waals surface area (Å²) in [5.41, 5.74) is 0. The maximum atomic E-state index is 3.14. The summed E-state index contributed by atoms with van der Waals surface area (Å²) in [7, 11) is 4.00. The molecule has 12 heavy (non-hydrogen) atoms. The van der Waals surface area contributed by atoms with Gasteiger partial charge in [0.25, 0.3) is 0 Å². The normalized spacial score (nSPS) is 10.5. The van der Waals surface area contributed by atoms with Crippen molar-refractivity contribution in [2.45, 2.75) is 0 Å². The lowest BCUT2D eigenvalue weighted by molar-refractivity contribution is 0.871. The first-order valence-corrected chi connectivity index (χ1v) is 6.67. The van der Waals surface area contributed by atoms with Crippen LogP contribution in [0.3, 0.4) is 0 Å². The van der Waals surface area contributed by atoms with Gasteiger partial charge >= 0.3 is 0 Å². The highest BCUT2D eigenvalue weighted by Gasteiger charge is 1.89. The Kier molecular flexibility index (Phi) is 12.2. The summed E-state index contributed by atoms with van der Waals surface area (Å²) in [6.45, 7) is 2.26. The highest BCUT2D eigenvalue weighted by atomic mass is 32.2. The van der Waals surface area contributed by atoms with Crippen LogP contribution in [0.1, 0.15) is 0 Å². The molecule has 0 aromatic heterocycles. The van der Waals surface area contributed by atoms with Crippen molar-refractivity contribution in [1.82, 2.24) is 10.6 Å². The topological polar surface area (TPSA) is 24.1 Å². The van der Waals surface area contributed by atoms with Gasteiger partial charge in [-0.1, -0.05) is 0 Å². The molecular weight excluding hydrogens is 188 g/mol. The van der Waals surface area contributed by atoms with E-state index in [0.29, 0.717) is 0 Å².